The third-order valence-corrected chi connectivity index (χ3v) is 9.55. The van der Waals surface area contributed by atoms with Crippen molar-refractivity contribution in [2.75, 3.05) is 31.2 Å². The summed E-state index contributed by atoms with van der Waals surface area (Å²) >= 11 is 0. The predicted molar refractivity (Wildman–Crippen MR) is 119 cm³/mol. The van der Waals surface area contributed by atoms with Crippen LogP contribution in [0.25, 0.3) is 0 Å². The van der Waals surface area contributed by atoms with Crippen molar-refractivity contribution >= 4 is 15.7 Å². The molecule has 3 aliphatic heterocycles. The molecule has 2 unspecified atom stereocenters. The summed E-state index contributed by atoms with van der Waals surface area (Å²) in [6.07, 6.45) is 2.42. The number of hydrogen-bond donors (Lipinski definition) is 0. The Morgan fingerprint density at radius 1 is 1.13 bits per heavy atom. The topological polar surface area (TPSA) is 49.9 Å². The van der Waals surface area contributed by atoms with Gasteiger partial charge in [-0.05, 0) is 43.9 Å². The smallest absolute Gasteiger partial charge is 0.221 e. The van der Waals surface area contributed by atoms with E-state index in [4.69, 9.17) is 4.74 Å². The molecule has 2 aromatic rings. The molecule has 0 amide bonds. The number of halogens is 1. The van der Waals surface area contributed by atoms with Gasteiger partial charge in [0, 0.05) is 42.3 Å². The van der Waals surface area contributed by atoms with E-state index in [1.165, 1.54) is 4.31 Å². The van der Waals surface area contributed by atoms with Crippen molar-refractivity contribution in [3.8, 4) is 0 Å². The highest BCUT2D eigenvalue weighted by molar-refractivity contribution is 7.89. The van der Waals surface area contributed by atoms with Crippen molar-refractivity contribution in [1.29, 1.82) is 0 Å². The maximum absolute atomic E-state index is 15.1. The zero-order valence-corrected chi connectivity index (χ0v) is 18.7. The standard InChI is InChI=1S/C24H29FN2O3S/c1-18-7-10-23(19-5-3-2-4-6-19)31(28,29)27(18)14-20-8-9-21(13-22(20)25)26-12-11-24(15-26)16-30-17-24/h2-6,8-9,13,18,23H,7,10-12,14-17H2,1H3. The number of anilines is 1. The second kappa shape index (κ2) is 7.87. The summed E-state index contributed by atoms with van der Waals surface area (Å²) in [5.74, 6) is -0.340. The summed E-state index contributed by atoms with van der Waals surface area (Å²) in [4.78, 5) is 2.21. The van der Waals surface area contributed by atoms with Crippen LogP contribution in [0.4, 0.5) is 10.1 Å². The van der Waals surface area contributed by atoms with E-state index in [-0.39, 0.29) is 23.8 Å². The molecule has 2 aromatic carbocycles. The van der Waals surface area contributed by atoms with Crippen molar-refractivity contribution in [3.63, 3.8) is 0 Å². The minimum atomic E-state index is -3.58. The van der Waals surface area contributed by atoms with E-state index in [1.807, 2.05) is 43.3 Å². The van der Waals surface area contributed by atoms with E-state index >= 15 is 4.39 Å². The third-order valence-electron chi connectivity index (χ3n) is 7.18. The van der Waals surface area contributed by atoms with Crippen LogP contribution < -0.4 is 4.90 Å². The van der Waals surface area contributed by atoms with Crippen LogP contribution in [-0.2, 0) is 21.3 Å². The number of benzene rings is 2. The molecule has 166 valence electrons. The molecule has 0 aliphatic carbocycles. The fraction of sp³-hybridized carbons (Fsp3) is 0.500. The minimum Gasteiger partial charge on any atom is -0.380 e. The van der Waals surface area contributed by atoms with Gasteiger partial charge in [-0.25, -0.2) is 12.8 Å². The first-order valence-corrected chi connectivity index (χ1v) is 12.6. The molecular weight excluding hydrogens is 415 g/mol. The van der Waals surface area contributed by atoms with Gasteiger partial charge in [-0.1, -0.05) is 36.4 Å². The Morgan fingerprint density at radius 2 is 1.90 bits per heavy atom. The van der Waals surface area contributed by atoms with Crippen LogP contribution >= 0.6 is 0 Å². The molecule has 5 rings (SSSR count). The highest BCUT2D eigenvalue weighted by atomic mass is 32.2. The summed E-state index contributed by atoms with van der Waals surface area (Å²) in [5.41, 5.74) is 2.33. The van der Waals surface area contributed by atoms with Gasteiger partial charge in [-0.15, -0.1) is 0 Å². The second-order valence-corrected chi connectivity index (χ2v) is 11.4. The highest BCUT2D eigenvalue weighted by Gasteiger charge is 2.44. The van der Waals surface area contributed by atoms with E-state index in [1.54, 1.807) is 12.1 Å². The van der Waals surface area contributed by atoms with E-state index in [2.05, 4.69) is 4.90 Å². The predicted octanol–water partition coefficient (Wildman–Crippen LogP) is 4.11. The Morgan fingerprint density at radius 3 is 2.55 bits per heavy atom. The maximum Gasteiger partial charge on any atom is 0.221 e. The van der Waals surface area contributed by atoms with Crippen molar-refractivity contribution in [3.05, 3.63) is 65.5 Å². The normalized spacial score (nSPS) is 27.4. The molecule has 0 aromatic heterocycles. The Balaban J connectivity index is 1.36. The zero-order valence-electron chi connectivity index (χ0n) is 17.8. The van der Waals surface area contributed by atoms with Gasteiger partial charge in [0.25, 0.3) is 0 Å². The van der Waals surface area contributed by atoms with Crippen molar-refractivity contribution in [2.45, 2.75) is 44.0 Å². The molecule has 5 nitrogen and oxygen atoms in total. The van der Waals surface area contributed by atoms with Crippen molar-refractivity contribution < 1.29 is 17.5 Å². The van der Waals surface area contributed by atoms with Gasteiger partial charge < -0.3 is 9.64 Å². The molecule has 0 radical (unpaired) electrons. The quantitative estimate of drug-likeness (QED) is 0.712. The first-order valence-electron chi connectivity index (χ1n) is 11.0. The molecule has 1 spiro atoms. The number of nitrogens with zero attached hydrogens (tertiary/aromatic N) is 2. The van der Waals surface area contributed by atoms with Gasteiger partial charge in [0.1, 0.15) is 11.1 Å². The van der Waals surface area contributed by atoms with Gasteiger partial charge in [0.2, 0.25) is 10.0 Å². The Labute approximate surface area is 183 Å². The fourth-order valence-corrected chi connectivity index (χ4v) is 7.35. The molecule has 7 heteroatoms. The van der Waals surface area contributed by atoms with Crippen molar-refractivity contribution in [1.82, 2.24) is 4.31 Å². The first kappa shape index (κ1) is 20.9. The molecule has 0 saturated carbocycles. The zero-order chi connectivity index (χ0) is 21.6. The molecule has 0 N–H and O–H groups in total. The molecule has 3 saturated heterocycles. The van der Waals surface area contributed by atoms with Gasteiger partial charge in [0.15, 0.2) is 0 Å². The average molecular weight is 445 g/mol. The largest absolute Gasteiger partial charge is 0.380 e. The van der Waals surface area contributed by atoms with Gasteiger partial charge >= 0.3 is 0 Å². The minimum absolute atomic E-state index is 0.0662. The number of rotatable bonds is 4. The second-order valence-electron chi connectivity index (χ2n) is 9.36. The van der Waals surface area contributed by atoms with Crippen LogP contribution in [0, 0.1) is 11.2 Å². The van der Waals surface area contributed by atoms with Crippen LogP contribution in [0.1, 0.15) is 42.6 Å². The summed E-state index contributed by atoms with van der Waals surface area (Å²) in [6, 6.07) is 14.4. The van der Waals surface area contributed by atoms with Crippen molar-refractivity contribution in [2.24, 2.45) is 5.41 Å². The number of sulfonamides is 1. The molecule has 0 bridgehead atoms. The lowest BCUT2D eigenvalue weighted by Gasteiger charge is -2.38. The lowest BCUT2D eigenvalue weighted by Crippen LogP contribution is -2.45. The highest BCUT2D eigenvalue weighted by Crippen LogP contribution is 2.41. The number of hydrogen-bond acceptors (Lipinski definition) is 4. The fourth-order valence-electron chi connectivity index (χ4n) is 5.16. The number of ether oxygens (including phenoxy) is 1. The Kier molecular flexibility index (Phi) is 5.31. The third kappa shape index (κ3) is 3.77. The average Bonchev–Trinajstić information content (AvgIpc) is 3.19. The molecular formula is C24H29FN2O3S. The van der Waals surface area contributed by atoms with Crippen LogP contribution in [0.5, 0.6) is 0 Å². The van der Waals surface area contributed by atoms with E-state index < -0.39 is 15.3 Å². The summed E-state index contributed by atoms with van der Waals surface area (Å²) in [6.45, 7) is 5.35. The SMILES string of the molecule is CC1CCC(c2ccccc2)S(=O)(=O)N1Cc1ccc(N2CCC3(COC3)C2)cc1F. The Hall–Kier alpha value is -1.96. The molecule has 3 heterocycles. The van der Waals surface area contributed by atoms with Crippen LogP contribution in [0.15, 0.2) is 48.5 Å². The molecule has 3 aliphatic rings. The summed E-state index contributed by atoms with van der Waals surface area (Å²) in [5, 5.41) is -0.572. The summed E-state index contributed by atoms with van der Waals surface area (Å²) in [7, 11) is -3.58. The maximum atomic E-state index is 15.1. The monoisotopic (exact) mass is 444 g/mol. The molecule has 2 atom stereocenters. The molecule has 3 fully saturated rings. The summed E-state index contributed by atoms with van der Waals surface area (Å²) < 4.78 is 48.8. The lowest BCUT2D eigenvalue weighted by atomic mass is 9.85. The van der Waals surface area contributed by atoms with Gasteiger partial charge in [-0.2, -0.15) is 4.31 Å². The Bertz CT molecular complexity index is 1060. The van der Waals surface area contributed by atoms with Gasteiger partial charge in [-0.3, -0.25) is 0 Å². The first-order chi connectivity index (χ1) is 14.9. The lowest BCUT2D eigenvalue weighted by molar-refractivity contribution is -0.0985. The molecule has 31 heavy (non-hydrogen) atoms. The van der Waals surface area contributed by atoms with E-state index in [0.29, 0.717) is 12.0 Å². The van der Waals surface area contributed by atoms with E-state index in [9.17, 15) is 8.42 Å². The van der Waals surface area contributed by atoms with E-state index in [0.717, 1.165) is 50.4 Å². The van der Waals surface area contributed by atoms with Gasteiger partial charge in [0.05, 0.1) is 13.2 Å². The van der Waals surface area contributed by atoms with Crippen LogP contribution in [0.3, 0.4) is 0 Å². The van der Waals surface area contributed by atoms with Crippen LogP contribution in [-0.4, -0.2) is 45.1 Å². The van der Waals surface area contributed by atoms with Crippen LogP contribution in [0.2, 0.25) is 0 Å².